The van der Waals surface area contributed by atoms with E-state index < -0.39 is 0 Å². The number of amides is 2. The number of carbonyl (C=O) groups is 3. The summed E-state index contributed by atoms with van der Waals surface area (Å²) in [6.45, 7) is -0.198. The van der Waals surface area contributed by atoms with Crippen LogP contribution in [0.3, 0.4) is 0 Å². The number of hydrogen-bond donors (Lipinski definition) is 2. The number of benzene rings is 3. The molecule has 0 bridgehead atoms. The molecule has 2 N–H and O–H groups in total. The van der Waals surface area contributed by atoms with Crippen molar-refractivity contribution >= 4 is 23.3 Å². The lowest BCUT2D eigenvalue weighted by atomic mass is 10.0. The summed E-state index contributed by atoms with van der Waals surface area (Å²) in [6.07, 6.45) is 0. The van der Waals surface area contributed by atoms with Gasteiger partial charge in [-0.1, -0.05) is 36.4 Å². The summed E-state index contributed by atoms with van der Waals surface area (Å²) in [4.78, 5) is 36.2. The normalized spacial score (nSPS) is 10.1. The fraction of sp³-hybridized carbons (Fsp3) is 0.0870. The summed E-state index contributed by atoms with van der Waals surface area (Å²) < 4.78 is 5.48. The predicted octanol–water partition coefficient (Wildman–Crippen LogP) is 3.29. The summed E-state index contributed by atoms with van der Waals surface area (Å²) in [5.41, 5.74) is 2.10. The third-order valence-electron chi connectivity index (χ3n) is 4.16. The monoisotopic (exact) mass is 388 g/mol. The first-order chi connectivity index (χ1) is 14.1. The molecule has 146 valence electrons. The van der Waals surface area contributed by atoms with E-state index in [-0.39, 0.29) is 24.2 Å². The van der Waals surface area contributed by atoms with Crippen molar-refractivity contribution in [2.75, 3.05) is 19.0 Å². The number of carbonyl (C=O) groups excluding carboxylic acids is 3. The van der Waals surface area contributed by atoms with Gasteiger partial charge in [-0.25, -0.2) is 0 Å². The van der Waals surface area contributed by atoms with Crippen molar-refractivity contribution in [3.8, 4) is 5.75 Å². The second-order valence-electron chi connectivity index (χ2n) is 6.22. The molecule has 0 aliphatic heterocycles. The standard InChI is InChI=1S/C23H20N2O4/c1-24-23(28)18-8-5-9-19(14-18)25-21(26)15-29-20-12-10-17(11-13-20)22(27)16-6-3-2-4-7-16/h2-14H,15H2,1H3,(H,24,28)(H,25,26). The van der Waals surface area contributed by atoms with Crippen LogP contribution in [0.5, 0.6) is 5.75 Å². The molecule has 2 amide bonds. The Morgan fingerprint density at radius 2 is 1.45 bits per heavy atom. The van der Waals surface area contributed by atoms with Gasteiger partial charge in [0, 0.05) is 29.4 Å². The second-order valence-corrected chi connectivity index (χ2v) is 6.22. The number of hydrogen-bond acceptors (Lipinski definition) is 4. The zero-order chi connectivity index (χ0) is 20.6. The van der Waals surface area contributed by atoms with Gasteiger partial charge in [0.1, 0.15) is 5.75 Å². The molecule has 3 aromatic rings. The molecule has 6 nitrogen and oxygen atoms in total. The molecule has 6 heteroatoms. The molecule has 0 fully saturated rings. The van der Waals surface area contributed by atoms with Crippen LogP contribution in [0.2, 0.25) is 0 Å². The van der Waals surface area contributed by atoms with Crippen LogP contribution in [0.15, 0.2) is 78.9 Å². The quantitative estimate of drug-likeness (QED) is 0.608. The molecule has 0 aliphatic rings. The van der Waals surface area contributed by atoms with Crippen LogP contribution < -0.4 is 15.4 Å². The summed E-state index contributed by atoms with van der Waals surface area (Å²) in [6, 6.07) is 22.2. The number of ketones is 1. The maximum absolute atomic E-state index is 12.4. The third kappa shape index (κ3) is 5.29. The summed E-state index contributed by atoms with van der Waals surface area (Å²) >= 11 is 0. The zero-order valence-electron chi connectivity index (χ0n) is 15.8. The lowest BCUT2D eigenvalue weighted by Crippen LogP contribution is -2.21. The molecular formula is C23H20N2O4. The molecule has 0 spiro atoms. The van der Waals surface area contributed by atoms with Gasteiger partial charge in [0.2, 0.25) is 0 Å². The molecule has 0 saturated carbocycles. The first-order valence-corrected chi connectivity index (χ1v) is 9.01. The SMILES string of the molecule is CNC(=O)c1cccc(NC(=O)COc2ccc(C(=O)c3ccccc3)cc2)c1. The van der Waals surface area contributed by atoms with E-state index >= 15 is 0 Å². The first kappa shape index (κ1) is 19.8. The van der Waals surface area contributed by atoms with E-state index in [1.807, 2.05) is 18.2 Å². The van der Waals surface area contributed by atoms with Crippen LogP contribution in [-0.2, 0) is 4.79 Å². The van der Waals surface area contributed by atoms with Gasteiger partial charge < -0.3 is 15.4 Å². The van der Waals surface area contributed by atoms with Crippen molar-refractivity contribution in [2.24, 2.45) is 0 Å². The molecule has 0 heterocycles. The highest BCUT2D eigenvalue weighted by molar-refractivity contribution is 6.09. The average molecular weight is 388 g/mol. The number of anilines is 1. The van der Waals surface area contributed by atoms with E-state index in [0.717, 1.165) is 0 Å². The van der Waals surface area contributed by atoms with E-state index in [4.69, 9.17) is 4.74 Å². The van der Waals surface area contributed by atoms with E-state index in [1.165, 1.54) is 0 Å². The average Bonchev–Trinajstić information content (AvgIpc) is 2.77. The van der Waals surface area contributed by atoms with Crippen LogP contribution >= 0.6 is 0 Å². The topological polar surface area (TPSA) is 84.5 Å². The van der Waals surface area contributed by atoms with Crippen LogP contribution in [-0.4, -0.2) is 31.3 Å². The number of ether oxygens (including phenoxy) is 1. The molecule has 0 unspecified atom stereocenters. The van der Waals surface area contributed by atoms with E-state index in [1.54, 1.807) is 67.7 Å². The van der Waals surface area contributed by atoms with E-state index in [9.17, 15) is 14.4 Å². The molecule has 3 rings (SSSR count). The van der Waals surface area contributed by atoms with Crippen molar-refractivity contribution in [3.63, 3.8) is 0 Å². The highest BCUT2D eigenvalue weighted by Crippen LogP contribution is 2.16. The predicted molar refractivity (Wildman–Crippen MR) is 110 cm³/mol. The Kier molecular flexibility index (Phi) is 6.37. The van der Waals surface area contributed by atoms with E-state index in [2.05, 4.69) is 10.6 Å². The van der Waals surface area contributed by atoms with Crippen LogP contribution in [0.4, 0.5) is 5.69 Å². The van der Waals surface area contributed by atoms with Gasteiger partial charge in [-0.2, -0.15) is 0 Å². The fourth-order valence-corrected chi connectivity index (χ4v) is 2.69. The van der Waals surface area contributed by atoms with Crippen molar-refractivity contribution in [3.05, 3.63) is 95.6 Å². The minimum absolute atomic E-state index is 0.0779. The van der Waals surface area contributed by atoms with E-state index in [0.29, 0.717) is 28.1 Å². The van der Waals surface area contributed by atoms with Gasteiger partial charge in [0.05, 0.1) is 0 Å². The zero-order valence-corrected chi connectivity index (χ0v) is 15.8. The van der Waals surface area contributed by atoms with Crippen LogP contribution in [0, 0.1) is 0 Å². The maximum atomic E-state index is 12.4. The van der Waals surface area contributed by atoms with Crippen molar-refractivity contribution in [1.29, 1.82) is 0 Å². The lowest BCUT2D eigenvalue weighted by Gasteiger charge is -2.09. The van der Waals surface area contributed by atoms with Gasteiger partial charge in [-0.15, -0.1) is 0 Å². The van der Waals surface area contributed by atoms with Gasteiger partial charge in [0.15, 0.2) is 12.4 Å². The largest absolute Gasteiger partial charge is 0.484 e. The smallest absolute Gasteiger partial charge is 0.262 e. The maximum Gasteiger partial charge on any atom is 0.262 e. The Balaban J connectivity index is 1.55. The Bertz CT molecular complexity index is 1010. The molecule has 0 aliphatic carbocycles. The molecule has 0 atom stereocenters. The Labute approximate surface area is 168 Å². The molecule has 3 aromatic carbocycles. The third-order valence-corrected chi connectivity index (χ3v) is 4.16. The molecule has 29 heavy (non-hydrogen) atoms. The molecule has 0 aromatic heterocycles. The highest BCUT2D eigenvalue weighted by Gasteiger charge is 2.10. The summed E-state index contributed by atoms with van der Waals surface area (Å²) in [5.74, 6) is -0.194. The minimum atomic E-state index is -0.358. The second kappa shape index (κ2) is 9.32. The lowest BCUT2D eigenvalue weighted by molar-refractivity contribution is -0.118. The van der Waals surface area contributed by atoms with Gasteiger partial charge >= 0.3 is 0 Å². The van der Waals surface area contributed by atoms with Crippen molar-refractivity contribution < 1.29 is 19.1 Å². The minimum Gasteiger partial charge on any atom is -0.484 e. The molecule has 0 saturated heterocycles. The van der Waals surface area contributed by atoms with Gasteiger partial charge in [-0.05, 0) is 42.5 Å². The Hall–Kier alpha value is -3.93. The fourth-order valence-electron chi connectivity index (χ4n) is 2.69. The van der Waals surface area contributed by atoms with Crippen LogP contribution in [0.25, 0.3) is 0 Å². The van der Waals surface area contributed by atoms with Crippen molar-refractivity contribution in [1.82, 2.24) is 5.32 Å². The summed E-state index contributed by atoms with van der Waals surface area (Å²) in [5, 5.41) is 5.22. The van der Waals surface area contributed by atoms with Crippen LogP contribution in [0.1, 0.15) is 26.3 Å². The van der Waals surface area contributed by atoms with Gasteiger partial charge in [0.25, 0.3) is 11.8 Å². The number of rotatable bonds is 7. The Morgan fingerprint density at radius 1 is 0.793 bits per heavy atom. The first-order valence-electron chi connectivity index (χ1n) is 9.01. The van der Waals surface area contributed by atoms with Crippen molar-refractivity contribution in [2.45, 2.75) is 0 Å². The van der Waals surface area contributed by atoms with Gasteiger partial charge in [-0.3, -0.25) is 14.4 Å². The molecule has 0 radical (unpaired) electrons. The summed E-state index contributed by atoms with van der Waals surface area (Å²) in [7, 11) is 1.54. The molecular weight excluding hydrogens is 368 g/mol. The Morgan fingerprint density at radius 3 is 2.14 bits per heavy atom. The highest BCUT2D eigenvalue weighted by atomic mass is 16.5. The number of nitrogens with one attached hydrogen (secondary N) is 2.